The van der Waals surface area contributed by atoms with Crippen LogP contribution in [0.3, 0.4) is 0 Å². The van der Waals surface area contributed by atoms with Crippen LogP contribution in [-0.4, -0.2) is 55.9 Å². The summed E-state index contributed by atoms with van der Waals surface area (Å²) in [4.78, 5) is 14.9. The lowest BCUT2D eigenvalue weighted by Crippen LogP contribution is -2.43. The van der Waals surface area contributed by atoms with Crippen molar-refractivity contribution in [2.24, 2.45) is 0 Å². The maximum Gasteiger partial charge on any atom is 0.273 e. The molecule has 1 saturated heterocycles. The molecule has 7 heteroatoms. The van der Waals surface area contributed by atoms with Crippen LogP contribution in [0.4, 0.5) is 0 Å². The molecular weight excluding hydrogens is 346 g/mol. The van der Waals surface area contributed by atoms with E-state index < -0.39 is 0 Å². The van der Waals surface area contributed by atoms with Gasteiger partial charge in [-0.05, 0) is 30.5 Å². The van der Waals surface area contributed by atoms with Crippen molar-refractivity contribution in [1.82, 2.24) is 15.4 Å². The van der Waals surface area contributed by atoms with E-state index in [-0.39, 0.29) is 11.9 Å². The van der Waals surface area contributed by atoms with Crippen LogP contribution in [-0.2, 0) is 4.74 Å². The Morgan fingerprint density at radius 2 is 2.04 bits per heavy atom. The number of hydrogen-bond donors (Lipinski definition) is 1. The zero-order chi connectivity index (χ0) is 18.6. The van der Waals surface area contributed by atoms with Crippen molar-refractivity contribution in [2.75, 3.05) is 40.0 Å². The van der Waals surface area contributed by atoms with Gasteiger partial charge in [-0.15, -0.1) is 0 Å². The van der Waals surface area contributed by atoms with Gasteiger partial charge in [-0.3, -0.25) is 9.69 Å². The molecule has 1 saturated carbocycles. The fourth-order valence-corrected chi connectivity index (χ4v) is 3.41. The summed E-state index contributed by atoms with van der Waals surface area (Å²) in [6.07, 6.45) is 2.24. The Morgan fingerprint density at radius 1 is 1.30 bits per heavy atom. The van der Waals surface area contributed by atoms with Crippen LogP contribution >= 0.6 is 0 Å². The van der Waals surface area contributed by atoms with Crippen LogP contribution in [0.2, 0.25) is 0 Å². The molecule has 2 aliphatic rings. The minimum Gasteiger partial charge on any atom is -0.497 e. The maximum atomic E-state index is 12.5. The van der Waals surface area contributed by atoms with Gasteiger partial charge in [0.05, 0.1) is 26.4 Å². The minimum atomic E-state index is -0.197. The Labute approximate surface area is 158 Å². The molecule has 1 amide bonds. The van der Waals surface area contributed by atoms with E-state index in [0.29, 0.717) is 31.4 Å². The number of methoxy groups -OCH3 is 1. The number of hydrogen-bond acceptors (Lipinski definition) is 6. The summed E-state index contributed by atoms with van der Waals surface area (Å²) in [7, 11) is 1.66. The normalized spacial score (nSPS) is 18.9. The number of carbonyl (C=O) groups excluding carboxylic acids is 1. The fourth-order valence-electron chi connectivity index (χ4n) is 3.41. The van der Waals surface area contributed by atoms with E-state index in [1.165, 1.54) is 0 Å². The number of ether oxygens (including phenoxy) is 2. The molecule has 2 heterocycles. The lowest BCUT2D eigenvalue weighted by Gasteiger charge is -2.34. The SMILES string of the molecule is COc1ccc(C(CNC(=O)c2cc(C3CC3)on2)N2CCOCC2)cc1. The van der Waals surface area contributed by atoms with Crippen LogP contribution in [0.1, 0.15) is 46.6 Å². The maximum absolute atomic E-state index is 12.5. The molecule has 1 aromatic heterocycles. The quantitative estimate of drug-likeness (QED) is 0.805. The Balaban J connectivity index is 1.44. The van der Waals surface area contributed by atoms with Gasteiger partial charge in [0, 0.05) is 31.6 Å². The Bertz CT molecular complexity index is 764. The summed E-state index contributed by atoms with van der Waals surface area (Å²) < 4.78 is 16.0. The molecule has 0 radical (unpaired) electrons. The van der Waals surface area contributed by atoms with Crippen LogP contribution in [0.5, 0.6) is 5.75 Å². The van der Waals surface area contributed by atoms with Crippen LogP contribution in [0.25, 0.3) is 0 Å². The highest BCUT2D eigenvalue weighted by molar-refractivity contribution is 5.92. The van der Waals surface area contributed by atoms with Crippen molar-refractivity contribution in [3.05, 3.63) is 47.3 Å². The molecule has 1 atom stereocenters. The lowest BCUT2D eigenvalue weighted by atomic mass is 10.0. The standard InChI is InChI=1S/C20H25N3O4/c1-25-16-6-4-14(5-7-16)18(23-8-10-26-11-9-23)13-21-20(24)17-12-19(27-22-17)15-2-3-15/h4-7,12,15,18H,2-3,8-11,13H2,1H3,(H,21,24). The number of rotatable bonds is 7. The van der Waals surface area contributed by atoms with Crippen LogP contribution < -0.4 is 10.1 Å². The van der Waals surface area contributed by atoms with Gasteiger partial charge in [0.15, 0.2) is 5.69 Å². The molecule has 144 valence electrons. The second-order valence-corrected chi connectivity index (χ2v) is 7.04. The Kier molecular flexibility index (Phi) is 5.40. The smallest absolute Gasteiger partial charge is 0.273 e. The number of morpholine rings is 1. The summed E-state index contributed by atoms with van der Waals surface area (Å²) in [6, 6.07) is 9.83. The number of nitrogens with one attached hydrogen (secondary N) is 1. The molecule has 0 bridgehead atoms. The van der Waals surface area contributed by atoms with E-state index in [4.69, 9.17) is 14.0 Å². The Hall–Kier alpha value is -2.38. The van der Waals surface area contributed by atoms with E-state index in [9.17, 15) is 4.79 Å². The van der Waals surface area contributed by atoms with Gasteiger partial charge in [0.2, 0.25) is 0 Å². The lowest BCUT2D eigenvalue weighted by molar-refractivity contribution is 0.0162. The minimum absolute atomic E-state index is 0.0681. The molecule has 7 nitrogen and oxygen atoms in total. The average molecular weight is 371 g/mol. The number of aromatic nitrogens is 1. The van der Waals surface area contributed by atoms with Gasteiger partial charge in [0.25, 0.3) is 5.91 Å². The number of nitrogens with zero attached hydrogens (tertiary/aromatic N) is 2. The topological polar surface area (TPSA) is 76.8 Å². The summed E-state index contributed by atoms with van der Waals surface area (Å²) in [6.45, 7) is 3.57. The van der Waals surface area contributed by atoms with Crippen molar-refractivity contribution >= 4 is 5.91 Å². The number of carbonyl (C=O) groups is 1. The molecule has 1 aromatic carbocycles. The molecule has 4 rings (SSSR count). The zero-order valence-corrected chi connectivity index (χ0v) is 15.5. The predicted octanol–water partition coefficient (Wildman–Crippen LogP) is 2.36. The summed E-state index contributed by atoms with van der Waals surface area (Å²) in [5.41, 5.74) is 1.49. The van der Waals surface area contributed by atoms with Gasteiger partial charge in [-0.2, -0.15) is 0 Å². The molecule has 1 unspecified atom stereocenters. The highest BCUT2D eigenvalue weighted by Gasteiger charge is 2.29. The van der Waals surface area contributed by atoms with E-state index in [0.717, 1.165) is 43.0 Å². The van der Waals surface area contributed by atoms with E-state index in [2.05, 4.69) is 15.4 Å². The van der Waals surface area contributed by atoms with E-state index >= 15 is 0 Å². The summed E-state index contributed by atoms with van der Waals surface area (Å²) in [5, 5.41) is 6.95. The van der Waals surface area contributed by atoms with Crippen molar-refractivity contribution in [2.45, 2.75) is 24.8 Å². The summed E-state index contributed by atoms with van der Waals surface area (Å²) in [5.74, 6) is 1.88. The van der Waals surface area contributed by atoms with Gasteiger partial charge < -0.3 is 19.3 Å². The predicted molar refractivity (Wildman–Crippen MR) is 98.9 cm³/mol. The first kappa shape index (κ1) is 18.0. The second-order valence-electron chi connectivity index (χ2n) is 7.04. The first-order valence-corrected chi connectivity index (χ1v) is 9.45. The first-order chi connectivity index (χ1) is 13.2. The van der Waals surface area contributed by atoms with Gasteiger partial charge in [-0.25, -0.2) is 0 Å². The van der Waals surface area contributed by atoms with Gasteiger partial charge in [-0.1, -0.05) is 17.3 Å². The van der Waals surface area contributed by atoms with Gasteiger partial charge >= 0.3 is 0 Å². The van der Waals surface area contributed by atoms with E-state index in [1.807, 2.05) is 24.3 Å². The van der Waals surface area contributed by atoms with Crippen molar-refractivity contribution in [1.29, 1.82) is 0 Å². The third-order valence-electron chi connectivity index (χ3n) is 5.18. The molecule has 2 fully saturated rings. The monoisotopic (exact) mass is 371 g/mol. The summed E-state index contributed by atoms with van der Waals surface area (Å²) >= 11 is 0. The number of amides is 1. The first-order valence-electron chi connectivity index (χ1n) is 9.45. The highest BCUT2D eigenvalue weighted by Crippen LogP contribution is 2.40. The third-order valence-corrected chi connectivity index (χ3v) is 5.18. The molecule has 0 spiro atoms. The fraction of sp³-hybridized carbons (Fsp3) is 0.500. The average Bonchev–Trinajstić information content (AvgIpc) is 3.46. The van der Waals surface area contributed by atoms with Crippen molar-refractivity contribution in [3.8, 4) is 5.75 Å². The third kappa shape index (κ3) is 4.31. The zero-order valence-electron chi connectivity index (χ0n) is 15.5. The Morgan fingerprint density at radius 3 is 2.70 bits per heavy atom. The molecule has 1 N–H and O–H groups in total. The molecule has 2 aromatic rings. The van der Waals surface area contributed by atoms with Crippen LogP contribution in [0.15, 0.2) is 34.9 Å². The molecule has 27 heavy (non-hydrogen) atoms. The van der Waals surface area contributed by atoms with Gasteiger partial charge in [0.1, 0.15) is 11.5 Å². The molecular formula is C20H25N3O4. The van der Waals surface area contributed by atoms with Crippen LogP contribution in [0, 0.1) is 0 Å². The van der Waals surface area contributed by atoms with Crippen molar-refractivity contribution in [3.63, 3.8) is 0 Å². The molecule has 1 aliphatic carbocycles. The van der Waals surface area contributed by atoms with E-state index in [1.54, 1.807) is 13.2 Å². The highest BCUT2D eigenvalue weighted by atomic mass is 16.5. The number of benzene rings is 1. The van der Waals surface area contributed by atoms with Crippen molar-refractivity contribution < 1.29 is 18.8 Å². The second kappa shape index (κ2) is 8.10. The largest absolute Gasteiger partial charge is 0.497 e. The molecule has 1 aliphatic heterocycles.